The van der Waals surface area contributed by atoms with Gasteiger partial charge in [-0.05, 0) is 12.5 Å². The number of alkyl halides is 2. The summed E-state index contributed by atoms with van der Waals surface area (Å²) in [7, 11) is 0. The highest BCUT2D eigenvalue weighted by atomic mass is 35.5. The van der Waals surface area contributed by atoms with Gasteiger partial charge in [-0.3, -0.25) is 0 Å². The van der Waals surface area contributed by atoms with Gasteiger partial charge in [0.15, 0.2) is 0 Å². The van der Waals surface area contributed by atoms with Crippen molar-refractivity contribution in [2.75, 3.05) is 0 Å². The summed E-state index contributed by atoms with van der Waals surface area (Å²) in [6.07, 6.45) is 0. The Morgan fingerprint density at radius 2 is 1.85 bits per heavy atom. The van der Waals surface area contributed by atoms with Crippen LogP contribution in [0.4, 0.5) is 0 Å². The van der Waals surface area contributed by atoms with Crippen LogP contribution in [0.5, 0.6) is 0 Å². The third kappa shape index (κ3) is 3.99. The van der Waals surface area contributed by atoms with Gasteiger partial charge in [-0.15, -0.1) is 11.6 Å². The van der Waals surface area contributed by atoms with E-state index in [0.717, 1.165) is 5.56 Å². The number of ether oxygens (including phenoxy) is 1. The van der Waals surface area contributed by atoms with Gasteiger partial charge in [0.1, 0.15) is 5.56 Å². The minimum atomic E-state index is -0.429. The first-order valence-corrected chi connectivity index (χ1v) is 5.01. The van der Waals surface area contributed by atoms with Gasteiger partial charge in [0.25, 0.3) is 0 Å². The van der Waals surface area contributed by atoms with E-state index < -0.39 is 5.56 Å². The molecule has 0 amide bonds. The van der Waals surface area contributed by atoms with Gasteiger partial charge in [0, 0.05) is 0 Å². The molecule has 0 saturated carbocycles. The van der Waals surface area contributed by atoms with Crippen LogP contribution in [0.15, 0.2) is 30.3 Å². The second kappa shape index (κ2) is 5.48. The molecule has 0 N–H and O–H groups in total. The smallest absolute Gasteiger partial charge is 0.147 e. The van der Waals surface area contributed by atoms with E-state index in [-0.39, 0.29) is 5.38 Å². The summed E-state index contributed by atoms with van der Waals surface area (Å²) in [5, 5.41) is -0.176. The molecule has 2 atom stereocenters. The Morgan fingerprint density at radius 3 is 2.38 bits per heavy atom. The summed E-state index contributed by atoms with van der Waals surface area (Å²) in [5.74, 6) is 0. The monoisotopic (exact) mass is 218 g/mol. The molecule has 3 heteroatoms. The normalized spacial score (nSPS) is 15.3. The van der Waals surface area contributed by atoms with Crippen LogP contribution in [0, 0.1) is 0 Å². The van der Waals surface area contributed by atoms with Crippen LogP contribution in [0.3, 0.4) is 0 Å². The average Bonchev–Trinajstić information content (AvgIpc) is 2.15. The SMILES string of the molecule is CC(Cl)C(Cl)OCc1ccccc1. The standard InChI is InChI=1S/C10H12Cl2O/c1-8(11)10(12)13-7-9-5-3-2-4-6-9/h2-6,8,10H,7H2,1H3. The largest absolute Gasteiger partial charge is 0.356 e. The Balaban J connectivity index is 2.35. The van der Waals surface area contributed by atoms with E-state index in [1.54, 1.807) is 0 Å². The van der Waals surface area contributed by atoms with Crippen molar-refractivity contribution in [1.82, 2.24) is 0 Å². The van der Waals surface area contributed by atoms with E-state index >= 15 is 0 Å². The molecule has 72 valence electrons. The summed E-state index contributed by atoms with van der Waals surface area (Å²) in [6.45, 7) is 2.32. The zero-order chi connectivity index (χ0) is 9.68. The lowest BCUT2D eigenvalue weighted by Gasteiger charge is -2.12. The predicted molar refractivity (Wildman–Crippen MR) is 56.2 cm³/mol. The Kier molecular flexibility index (Phi) is 4.57. The Bertz CT molecular complexity index is 236. The van der Waals surface area contributed by atoms with Crippen molar-refractivity contribution in [3.63, 3.8) is 0 Å². The average molecular weight is 219 g/mol. The molecule has 13 heavy (non-hydrogen) atoms. The van der Waals surface area contributed by atoms with Crippen LogP contribution in [0.25, 0.3) is 0 Å². The molecule has 0 aliphatic carbocycles. The van der Waals surface area contributed by atoms with Gasteiger partial charge in [0.05, 0.1) is 12.0 Å². The highest BCUT2D eigenvalue weighted by Crippen LogP contribution is 2.13. The molecule has 0 aromatic heterocycles. The summed E-state index contributed by atoms with van der Waals surface area (Å²) >= 11 is 11.5. The van der Waals surface area contributed by atoms with Gasteiger partial charge in [0.2, 0.25) is 0 Å². The molecule has 0 spiro atoms. The maximum atomic E-state index is 5.81. The molecule has 0 fully saturated rings. The molecule has 0 saturated heterocycles. The zero-order valence-corrected chi connectivity index (χ0v) is 8.92. The minimum absolute atomic E-state index is 0.176. The van der Waals surface area contributed by atoms with Crippen molar-refractivity contribution >= 4 is 23.2 Å². The van der Waals surface area contributed by atoms with Crippen LogP contribution in [0.2, 0.25) is 0 Å². The van der Waals surface area contributed by atoms with Crippen LogP contribution in [-0.2, 0) is 11.3 Å². The first-order chi connectivity index (χ1) is 6.20. The van der Waals surface area contributed by atoms with Crippen molar-refractivity contribution < 1.29 is 4.74 Å². The molecule has 0 aliphatic heterocycles. The highest BCUT2D eigenvalue weighted by molar-refractivity contribution is 6.29. The molecule has 0 bridgehead atoms. The lowest BCUT2D eigenvalue weighted by Crippen LogP contribution is -2.14. The lowest BCUT2D eigenvalue weighted by molar-refractivity contribution is 0.0939. The second-order valence-corrected chi connectivity index (χ2v) is 3.94. The zero-order valence-electron chi connectivity index (χ0n) is 7.41. The van der Waals surface area contributed by atoms with Crippen LogP contribution < -0.4 is 0 Å². The van der Waals surface area contributed by atoms with E-state index in [9.17, 15) is 0 Å². The van der Waals surface area contributed by atoms with Gasteiger partial charge in [-0.2, -0.15) is 0 Å². The Hall–Kier alpha value is -0.240. The van der Waals surface area contributed by atoms with E-state index in [1.807, 2.05) is 37.3 Å². The van der Waals surface area contributed by atoms with Crippen molar-refractivity contribution in [3.8, 4) is 0 Å². The fraction of sp³-hybridized carbons (Fsp3) is 0.400. The number of hydrogen-bond donors (Lipinski definition) is 0. The summed E-state index contributed by atoms with van der Waals surface area (Å²) in [4.78, 5) is 0. The molecule has 1 rings (SSSR count). The molecular formula is C10H12Cl2O. The van der Waals surface area contributed by atoms with Crippen LogP contribution in [-0.4, -0.2) is 10.9 Å². The van der Waals surface area contributed by atoms with Crippen molar-refractivity contribution in [3.05, 3.63) is 35.9 Å². The lowest BCUT2D eigenvalue weighted by atomic mass is 10.2. The molecular weight excluding hydrogens is 207 g/mol. The maximum absolute atomic E-state index is 5.81. The third-order valence-electron chi connectivity index (χ3n) is 1.61. The van der Waals surface area contributed by atoms with Gasteiger partial charge >= 0.3 is 0 Å². The molecule has 0 aliphatic rings. The summed E-state index contributed by atoms with van der Waals surface area (Å²) in [6, 6.07) is 9.87. The summed E-state index contributed by atoms with van der Waals surface area (Å²) < 4.78 is 5.32. The Morgan fingerprint density at radius 1 is 1.23 bits per heavy atom. The number of halogens is 2. The first-order valence-electron chi connectivity index (χ1n) is 4.14. The molecule has 1 nitrogen and oxygen atoms in total. The summed E-state index contributed by atoms with van der Waals surface area (Å²) in [5.41, 5.74) is 0.673. The number of rotatable bonds is 4. The van der Waals surface area contributed by atoms with E-state index in [2.05, 4.69) is 0 Å². The van der Waals surface area contributed by atoms with Crippen molar-refractivity contribution in [1.29, 1.82) is 0 Å². The second-order valence-electron chi connectivity index (χ2n) is 2.83. The maximum Gasteiger partial charge on any atom is 0.147 e. The van der Waals surface area contributed by atoms with Gasteiger partial charge in [-0.1, -0.05) is 41.9 Å². The minimum Gasteiger partial charge on any atom is -0.356 e. The number of hydrogen-bond acceptors (Lipinski definition) is 1. The molecule has 1 aromatic carbocycles. The van der Waals surface area contributed by atoms with Crippen molar-refractivity contribution in [2.45, 2.75) is 24.5 Å². The Labute approximate surface area is 88.6 Å². The van der Waals surface area contributed by atoms with E-state index in [0.29, 0.717) is 6.61 Å². The third-order valence-corrected chi connectivity index (χ3v) is 2.47. The van der Waals surface area contributed by atoms with Crippen LogP contribution in [0.1, 0.15) is 12.5 Å². The van der Waals surface area contributed by atoms with Gasteiger partial charge in [-0.25, -0.2) is 0 Å². The van der Waals surface area contributed by atoms with Crippen molar-refractivity contribution in [2.24, 2.45) is 0 Å². The predicted octanol–water partition coefficient (Wildman–Crippen LogP) is 3.40. The molecule has 1 aromatic rings. The molecule has 2 unspecified atom stereocenters. The van der Waals surface area contributed by atoms with Gasteiger partial charge < -0.3 is 4.74 Å². The number of benzene rings is 1. The first kappa shape index (κ1) is 10.8. The van der Waals surface area contributed by atoms with E-state index in [1.165, 1.54) is 0 Å². The quantitative estimate of drug-likeness (QED) is 0.705. The topological polar surface area (TPSA) is 9.23 Å². The fourth-order valence-corrected chi connectivity index (χ4v) is 1.02. The van der Waals surface area contributed by atoms with E-state index in [4.69, 9.17) is 27.9 Å². The molecule has 0 radical (unpaired) electrons. The van der Waals surface area contributed by atoms with Crippen LogP contribution >= 0.6 is 23.2 Å². The fourth-order valence-electron chi connectivity index (χ4n) is 0.883. The highest BCUT2D eigenvalue weighted by Gasteiger charge is 2.11. The molecule has 0 heterocycles.